The lowest BCUT2D eigenvalue weighted by Gasteiger charge is -2.26. The van der Waals surface area contributed by atoms with Crippen LogP contribution in [0.3, 0.4) is 0 Å². The second kappa shape index (κ2) is 14.2. The molecule has 54 heavy (non-hydrogen) atoms. The monoisotopic (exact) mass is 734 g/mol. The summed E-state index contributed by atoms with van der Waals surface area (Å²) in [4.78, 5) is 33.4. The molecule has 1 saturated carbocycles. The normalized spacial score (nSPS) is 20.0. The summed E-state index contributed by atoms with van der Waals surface area (Å²) in [5.41, 5.74) is 10.1. The van der Waals surface area contributed by atoms with Crippen molar-refractivity contribution in [3.8, 4) is 0 Å². The maximum Gasteiger partial charge on any atom is 0.253 e. The molecule has 2 heterocycles. The number of hydrogen-bond donors (Lipinski definition) is 0. The molecule has 2 amide bonds. The van der Waals surface area contributed by atoms with E-state index in [2.05, 4.69) is 149 Å². The zero-order chi connectivity index (χ0) is 38.5. The number of carbonyl (C=O) groups excluding carboxylic acids is 2. The molecule has 276 valence electrons. The van der Waals surface area contributed by atoms with Crippen LogP contribution in [0.1, 0.15) is 65.5 Å². The third kappa shape index (κ3) is 5.99. The Kier molecular flexibility index (Phi) is 9.73. The summed E-state index contributed by atoms with van der Waals surface area (Å²) in [5, 5.41) is 5.24. The number of carbonyl (C=O) groups is 2. The van der Waals surface area contributed by atoms with Gasteiger partial charge in [0.2, 0.25) is 6.41 Å². The predicted molar refractivity (Wildman–Crippen MR) is 229 cm³/mol. The summed E-state index contributed by atoms with van der Waals surface area (Å²) in [7, 11) is 4.29. The first-order chi connectivity index (χ1) is 25.8. The Morgan fingerprint density at radius 3 is 1.59 bits per heavy atom. The molecule has 4 aromatic carbocycles. The molecular formula is C47H50N4O2S. The van der Waals surface area contributed by atoms with Crippen LogP contribution in [0.5, 0.6) is 0 Å². The van der Waals surface area contributed by atoms with Gasteiger partial charge in [0, 0.05) is 66.9 Å². The molecule has 0 atom stereocenters. The standard InChI is InChI=1S/C47H50N4O2S/c1-9-50(30-52)45(54)51(10-2)42(53)29-37-33(23-27-40-46(3,4)43-35-17-13-11-15-31(35)21-25-38(43)48(40)7)19-20-34(37)24-28-41-47(5,6)44-36-18-14-12-16-32(36)22-26-39(44)49(41)8/h11-18,21-30H,9-10,19-20H2,1-8H3/b33-23+,34-24+,40-27+,41-28+. The van der Waals surface area contributed by atoms with Gasteiger partial charge in [0.15, 0.2) is 5.11 Å². The number of amides is 2. The summed E-state index contributed by atoms with van der Waals surface area (Å²) < 4.78 is 0. The lowest BCUT2D eigenvalue weighted by molar-refractivity contribution is -0.123. The maximum atomic E-state index is 14.1. The molecule has 0 bridgehead atoms. The van der Waals surface area contributed by atoms with Crippen molar-refractivity contribution in [2.24, 2.45) is 0 Å². The minimum atomic E-state index is -0.231. The zero-order valence-electron chi connectivity index (χ0n) is 32.7. The predicted octanol–water partition coefficient (Wildman–Crippen LogP) is 10.1. The first kappa shape index (κ1) is 37.1. The smallest absolute Gasteiger partial charge is 0.253 e. The van der Waals surface area contributed by atoms with Crippen molar-refractivity contribution in [3.63, 3.8) is 0 Å². The van der Waals surface area contributed by atoms with Crippen molar-refractivity contribution >= 4 is 62.6 Å². The molecule has 0 spiro atoms. The number of thiocarbonyl (C=S) groups is 1. The average molecular weight is 735 g/mol. The van der Waals surface area contributed by atoms with E-state index >= 15 is 0 Å². The van der Waals surface area contributed by atoms with Gasteiger partial charge in [-0.3, -0.25) is 19.4 Å². The summed E-state index contributed by atoms with van der Waals surface area (Å²) in [6.07, 6.45) is 12.9. The van der Waals surface area contributed by atoms with Crippen LogP contribution in [0.2, 0.25) is 0 Å². The van der Waals surface area contributed by atoms with Gasteiger partial charge in [0.25, 0.3) is 5.91 Å². The highest BCUT2D eigenvalue weighted by atomic mass is 32.1. The molecule has 0 radical (unpaired) electrons. The summed E-state index contributed by atoms with van der Waals surface area (Å²) in [6.45, 7) is 13.7. The summed E-state index contributed by atoms with van der Waals surface area (Å²) >= 11 is 5.64. The third-order valence-corrected chi connectivity index (χ3v) is 12.3. The van der Waals surface area contributed by atoms with E-state index in [4.69, 9.17) is 12.2 Å². The Labute approximate surface area is 325 Å². The van der Waals surface area contributed by atoms with Crippen molar-refractivity contribution < 1.29 is 9.59 Å². The zero-order valence-corrected chi connectivity index (χ0v) is 33.6. The number of allylic oxidation sites excluding steroid dienone is 9. The Balaban J connectivity index is 1.31. The molecule has 7 rings (SSSR count). The van der Waals surface area contributed by atoms with Gasteiger partial charge in [0.05, 0.1) is 0 Å². The molecule has 1 fully saturated rings. The van der Waals surface area contributed by atoms with E-state index in [-0.39, 0.29) is 21.8 Å². The van der Waals surface area contributed by atoms with Gasteiger partial charge in [0.1, 0.15) is 0 Å². The SMILES string of the molecule is CCN(C=O)C(=S)N(CC)C(=O)C=C1/C(=C/C=C2/N(C)c3ccc4ccccc4c3C2(C)C)CC/C1=C\C=C1\N(C)c2ccc3ccccc3c2C1(C)C. The fraction of sp³-hybridized carbons (Fsp3) is 0.298. The molecule has 0 N–H and O–H groups in total. The quantitative estimate of drug-likeness (QED) is 0.112. The van der Waals surface area contributed by atoms with Crippen molar-refractivity contribution in [2.45, 2.75) is 65.2 Å². The van der Waals surface area contributed by atoms with E-state index in [0.717, 1.165) is 29.6 Å². The first-order valence-corrected chi connectivity index (χ1v) is 19.4. The van der Waals surface area contributed by atoms with Crippen LogP contribution in [-0.4, -0.2) is 54.4 Å². The average Bonchev–Trinajstić information content (AvgIpc) is 3.70. The lowest BCUT2D eigenvalue weighted by atomic mass is 9.81. The summed E-state index contributed by atoms with van der Waals surface area (Å²) in [5.74, 6) is -0.230. The largest absolute Gasteiger partial charge is 0.347 e. The van der Waals surface area contributed by atoms with Gasteiger partial charge in [-0.05, 0) is 113 Å². The Morgan fingerprint density at radius 2 is 1.17 bits per heavy atom. The maximum absolute atomic E-state index is 14.1. The van der Waals surface area contributed by atoms with Gasteiger partial charge >= 0.3 is 0 Å². The van der Waals surface area contributed by atoms with E-state index in [1.54, 1.807) is 6.08 Å². The molecule has 1 aliphatic carbocycles. The van der Waals surface area contributed by atoms with Gasteiger partial charge in [-0.1, -0.05) is 101 Å². The van der Waals surface area contributed by atoms with Gasteiger partial charge in [-0.25, -0.2) is 0 Å². The number of rotatable bonds is 6. The lowest BCUT2D eigenvalue weighted by Crippen LogP contribution is -2.44. The highest BCUT2D eigenvalue weighted by Crippen LogP contribution is 2.51. The van der Waals surface area contributed by atoms with Crippen LogP contribution in [0.15, 0.2) is 131 Å². The van der Waals surface area contributed by atoms with E-state index < -0.39 is 0 Å². The molecule has 2 aliphatic heterocycles. The van der Waals surface area contributed by atoms with Crippen LogP contribution in [0.4, 0.5) is 11.4 Å². The van der Waals surface area contributed by atoms with Crippen LogP contribution in [-0.2, 0) is 20.4 Å². The Morgan fingerprint density at radius 1 is 0.704 bits per heavy atom. The molecule has 3 aliphatic rings. The van der Waals surface area contributed by atoms with Gasteiger partial charge < -0.3 is 9.80 Å². The highest BCUT2D eigenvalue weighted by molar-refractivity contribution is 7.80. The second-order valence-electron chi connectivity index (χ2n) is 15.5. The summed E-state index contributed by atoms with van der Waals surface area (Å²) in [6, 6.07) is 26.1. The van der Waals surface area contributed by atoms with Crippen LogP contribution < -0.4 is 9.80 Å². The number of likely N-dealkylation sites (N-methyl/N-ethyl adjacent to an activating group) is 3. The fourth-order valence-electron chi connectivity index (χ4n) is 9.02. The van der Waals surface area contributed by atoms with E-state index in [0.29, 0.717) is 19.5 Å². The minimum Gasteiger partial charge on any atom is -0.347 e. The van der Waals surface area contributed by atoms with E-state index in [1.807, 2.05) is 13.8 Å². The third-order valence-electron chi connectivity index (χ3n) is 11.8. The number of fused-ring (bicyclic) bond motifs is 6. The number of hydrogen-bond acceptors (Lipinski definition) is 5. The molecule has 4 aromatic rings. The molecule has 0 aromatic heterocycles. The Hall–Kier alpha value is -5.27. The molecule has 7 heteroatoms. The van der Waals surface area contributed by atoms with Gasteiger partial charge in [-0.15, -0.1) is 0 Å². The van der Waals surface area contributed by atoms with Crippen molar-refractivity contribution in [3.05, 3.63) is 142 Å². The number of benzene rings is 4. The van der Waals surface area contributed by atoms with E-state index in [9.17, 15) is 9.59 Å². The Bertz CT molecular complexity index is 2240. The topological polar surface area (TPSA) is 47.1 Å². The van der Waals surface area contributed by atoms with Crippen LogP contribution in [0.25, 0.3) is 21.5 Å². The van der Waals surface area contributed by atoms with Gasteiger partial charge in [-0.2, -0.15) is 0 Å². The van der Waals surface area contributed by atoms with Crippen LogP contribution >= 0.6 is 12.2 Å². The second-order valence-corrected chi connectivity index (χ2v) is 15.9. The minimum absolute atomic E-state index is 0.216. The first-order valence-electron chi connectivity index (χ1n) is 19.0. The molecule has 0 unspecified atom stereocenters. The highest BCUT2D eigenvalue weighted by Gasteiger charge is 2.41. The molecule has 6 nitrogen and oxygen atoms in total. The number of nitrogens with zero attached hydrogens (tertiary/aromatic N) is 4. The molecular weight excluding hydrogens is 685 g/mol. The van der Waals surface area contributed by atoms with Crippen LogP contribution in [0, 0.1) is 0 Å². The van der Waals surface area contributed by atoms with Crippen molar-refractivity contribution in [1.29, 1.82) is 0 Å². The van der Waals surface area contributed by atoms with Crippen molar-refractivity contribution in [2.75, 3.05) is 37.0 Å². The van der Waals surface area contributed by atoms with Crippen molar-refractivity contribution in [1.82, 2.24) is 9.80 Å². The number of anilines is 2. The molecule has 0 saturated heterocycles. The van der Waals surface area contributed by atoms with E-state index in [1.165, 1.54) is 65.2 Å². The fourth-order valence-corrected chi connectivity index (χ4v) is 9.41.